The van der Waals surface area contributed by atoms with Crippen LogP contribution in [0.15, 0.2) is 0 Å². The first-order valence-corrected chi connectivity index (χ1v) is 4.54. The second-order valence-corrected chi connectivity index (χ2v) is 4.39. The lowest BCUT2D eigenvalue weighted by atomic mass is 10.1. The topological polar surface area (TPSA) is 38.5 Å². The molecule has 3 atom stereocenters. The van der Waals surface area contributed by atoms with Gasteiger partial charge in [0.1, 0.15) is 0 Å². The summed E-state index contributed by atoms with van der Waals surface area (Å²) in [5.41, 5.74) is 5.83. The molecule has 2 N–H and O–H groups in total. The average molecular weight is 254 g/mol. The van der Waals surface area contributed by atoms with Gasteiger partial charge in [0.15, 0.2) is 0 Å². The molecule has 10 heavy (non-hydrogen) atoms. The van der Waals surface area contributed by atoms with E-state index in [9.17, 15) is 0 Å². The predicted octanol–water partition coefficient (Wildman–Crippen LogP) is 0.137. The summed E-state index contributed by atoms with van der Waals surface area (Å²) in [6, 6.07) is 0.282. The maximum Gasteiger partial charge on any atom is 0.0866 e. The van der Waals surface area contributed by atoms with Crippen molar-refractivity contribution >= 4 is 22.9 Å². The molecule has 0 amide bonds. The second kappa shape index (κ2) is 2.58. The van der Waals surface area contributed by atoms with Crippen LogP contribution in [0, 0.1) is 0 Å². The molecule has 0 saturated carbocycles. The quantitative estimate of drug-likeness (QED) is 0.493. The Morgan fingerprint density at radius 2 is 2.30 bits per heavy atom. The third-order valence-corrected chi connectivity index (χ3v) is 2.95. The van der Waals surface area contributed by atoms with Crippen molar-refractivity contribution in [1.82, 2.24) is 3.11 Å². The molecule has 2 fully saturated rings. The van der Waals surface area contributed by atoms with E-state index in [-0.39, 0.29) is 6.04 Å². The Labute approximate surface area is 74.4 Å². The second-order valence-electron chi connectivity index (χ2n) is 3.02. The molecule has 0 spiro atoms. The number of morpholine rings is 1. The van der Waals surface area contributed by atoms with E-state index in [0.717, 1.165) is 19.5 Å². The number of nitrogens with zero attached hydrogens (tertiary/aromatic N) is 1. The molecule has 4 heteroatoms. The summed E-state index contributed by atoms with van der Waals surface area (Å²) in [6.45, 7) is 2.04. The fraction of sp³-hybridized carbons (Fsp3) is 1.00. The Hall–Kier alpha value is 0.610. The molecule has 2 bridgehead atoms. The van der Waals surface area contributed by atoms with Crippen LogP contribution >= 0.6 is 22.9 Å². The van der Waals surface area contributed by atoms with Gasteiger partial charge in [0.2, 0.25) is 0 Å². The molecule has 2 aliphatic rings. The van der Waals surface area contributed by atoms with Crippen LogP contribution in [-0.4, -0.2) is 34.5 Å². The highest BCUT2D eigenvalue weighted by Gasteiger charge is 2.38. The Morgan fingerprint density at radius 3 is 3.00 bits per heavy atom. The molecule has 2 aliphatic heterocycles. The maximum atomic E-state index is 5.83. The SMILES string of the molecule is NC1CC2CN(I)CC1O2. The van der Waals surface area contributed by atoms with Crippen molar-refractivity contribution in [1.29, 1.82) is 0 Å². The first kappa shape index (κ1) is 7.27. The molecule has 3 nitrogen and oxygen atoms in total. The molecule has 58 valence electrons. The summed E-state index contributed by atoms with van der Waals surface area (Å²) in [6.07, 6.45) is 1.76. The molecule has 0 aromatic carbocycles. The van der Waals surface area contributed by atoms with E-state index in [0.29, 0.717) is 12.2 Å². The van der Waals surface area contributed by atoms with Crippen molar-refractivity contribution in [2.24, 2.45) is 5.73 Å². The lowest BCUT2D eigenvalue weighted by Gasteiger charge is -2.27. The van der Waals surface area contributed by atoms with E-state index in [2.05, 4.69) is 26.0 Å². The minimum Gasteiger partial charge on any atom is -0.371 e. The number of fused-ring (bicyclic) bond motifs is 2. The van der Waals surface area contributed by atoms with E-state index < -0.39 is 0 Å². The van der Waals surface area contributed by atoms with E-state index >= 15 is 0 Å². The number of halogens is 1. The van der Waals surface area contributed by atoms with Crippen molar-refractivity contribution < 1.29 is 4.74 Å². The van der Waals surface area contributed by atoms with Gasteiger partial charge < -0.3 is 10.5 Å². The van der Waals surface area contributed by atoms with Crippen LogP contribution < -0.4 is 5.73 Å². The largest absolute Gasteiger partial charge is 0.371 e. The van der Waals surface area contributed by atoms with Gasteiger partial charge in [-0.05, 0) is 6.42 Å². The highest BCUT2D eigenvalue weighted by atomic mass is 127. The summed E-state index contributed by atoms with van der Waals surface area (Å²) < 4.78 is 7.88. The lowest BCUT2D eigenvalue weighted by molar-refractivity contribution is -0.00622. The monoisotopic (exact) mass is 254 g/mol. The summed E-state index contributed by atoms with van der Waals surface area (Å²) in [5.74, 6) is 0. The summed E-state index contributed by atoms with van der Waals surface area (Å²) in [4.78, 5) is 0. The van der Waals surface area contributed by atoms with Crippen molar-refractivity contribution in [2.75, 3.05) is 13.1 Å². The average Bonchev–Trinajstić information content (AvgIpc) is 2.07. The Kier molecular flexibility index (Phi) is 1.88. The first-order valence-electron chi connectivity index (χ1n) is 3.57. The number of hydrogen-bond acceptors (Lipinski definition) is 3. The minimum atomic E-state index is 0.282. The standard InChI is InChI=1S/C6H11IN2O/c7-9-2-4-1-5(8)6(3-9)10-4/h4-6H,1-3,8H2. The minimum absolute atomic E-state index is 0.282. The van der Waals surface area contributed by atoms with Crippen molar-refractivity contribution in [3.05, 3.63) is 0 Å². The van der Waals surface area contributed by atoms with Gasteiger partial charge in [-0.15, -0.1) is 0 Å². The van der Waals surface area contributed by atoms with Crippen LogP contribution in [0.25, 0.3) is 0 Å². The Bertz CT molecular complexity index is 139. The van der Waals surface area contributed by atoms with Gasteiger partial charge in [0.25, 0.3) is 0 Å². The molecule has 2 rings (SSSR count). The Morgan fingerprint density at radius 1 is 1.50 bits per heavy atom. The zero-order chi connectivity index (χ0) is 7.14. The fourth-order valence-electron chi connectivity index (χ4n) is 1.65. The third kappa shape index (κ3) is 1.17. The molecule has 0 aliphatic carbocycles. The van der Waals surface area contributed by atoms with Crippen molar-refractivity contribution in [3.63, 3.8) is 0 Å². The van der Waals surface area contributed by atoms with E-state index in [1.165, 1.54) is 0 Å². The molecular formula is C6H11IN2O. The summed E-state index contributed by atoms with van der Waals surface area (Å²) >= 11 is 2.33. The first-order chi connectivity index (χ1) is 4.75. The van der Waals surface area contributed by atoms with Crippen LogP contribution in [0.4, 0.5) is 0 Å². The van der Waals surface area contributed by atoms with Gasteiger partial charge in [-0.1, -0.05) is 0 Å². The van der Waals surface area contributed by atoms with Gasteiger partial charge in [0, 0.05) is 42.0 Å². The van der Waals surface area contributed by atoms with Crippen molar-refractivity contribution in [3.8, 4) is 0 Å². The highest BCUT2D eigenvalue weighted by molar-refractivity contribution is 14.1. The molecule has 0 aromatic rings. The van der Waals surface area contributed by atoms with E-state index in [1.54, 1.807) is 0 Å². The van der Waals surface area contributed by atoms with Crippen LogP contribution in [0.1, 0.15) is 6.42 Å². The third-order valence-electron chi connectivity index (χ3n) is 2.16. The molecule has 0 aromatic heterocycles. The maximum absolute atomic E-state index is 5.83. The van der Waals surface area contributed by atoms with E-state index in [4.69, 9.17) is 10.5 Å². The zero-order valence-corrected chi connectivity index (χ0v) is 7.82. The predicted molar refractivity (Wildman–Crippen MR) is 46.8 cm³/mol. The Balaban J connectivity index is 2.06. The van der Waals surface area contributed by atoms with Crippen molar-refractivity contribution in [2.45, 2.75) is 24.7 Å². The lowest BCUT2D eigenvalue weighted by Crippen LogP contribution is -2.41. The number of rotatable bonds is 0. The van der Waals surface area contributed by atoms with Gasteiger partial charge in [-0.2, -0.15) is 0 Å². The smallest absolute Gasteiger partial charge is 0.0866 e. The normalized spacial score (nSPS) is 48.0. The number of ether oxygens (including phenoxy) is 1. The number of nitrogens with two attached hydrogens (primary N) is 1. The summed E-state index contributed by atoms with van der Waals surface area (Å²) in [5, 5.41) is 0. The molecule has 2 heterocycles. The molecular weight excluding hydrogens is 243 g/mol. The van der Waals surface area contributed by atoms with Gasteiger partial charge >= 0.3 is 0 Å². The van der Waals surface area contributed by atoms with Gasteiger partial charge in [-0.25, -0.2) is 3.11 Å². The molecule has 0 radical (unpaired) electrons. The van der Waals surface area contributed by atoms with Crippen LogP contribution in [-0.2, 0) is 4.74 Å². The van der Waals surface area contributed by atoms with Crippen LogP contribution in [0.5, 0.6) is 0 Å². The molecule has 2 saturated heterocycles. The van der Waals surface area contributed by atoms with Gasteiger partial charge in [0.05, 0.1) is 12.2 Å². The molecule has 3 unspecified atom stereocenters. The van der Waals surface area contributed by atoms with Gasteiger partial charge in [-0.3, -0.25) is 0 Å². The number of hydrogen-bond donors (Lipinski definition) is 1. The highest BCUT2D eigenvalue weighted by Crippen LogP contribution is 2.26. The summed E-state index contributed by atoms with van der Waals surface area (Å²) in [7, 11) is 0. The van der Waals surface area contributed by atoms with E-state index in [1.807, 2.05) is 0 Å². The fourth-order valence-corrected chi connectivity index (χ4v) is 2.47. The zero-order valence-electron chi connectivity index (χ0n) is 5.66. The van der Waals surface area contributed by atoms with Crippen LogP contribution in [0.3, 0.4) is 0 Å². The van der Waals surface area contributed by atoms with Crippen LogP contribution in [0.2, 0.25) is 0 Å².